The Morgan fingerprint density at radius 2 is 2.58 bits per heavy atom. The molecule has 1 rings (SSSR count). The van der Waals surface area contributed by atoms with Crippen LogP contribution in [0.5, 0.6) is 0 Å². The molecule has 0 fully saturated rings. The van der Waals surface area contributed by atoms with E-state index in [0.717, 1.165) is 5.69 Å². The van der Waals surface area contributed by atoms with Crippen LogP contribution in [0.3, 0.4) is 0 Å². The second-order valence-electron chi connectivity index (χ2n) is 2.45. The molecule has 0 spiro atoms. The lowest BCUT2D eigenvalue weighted by molar-refractivity contribution is -0.117. The Morgan fingerprint density at radius 3 is 3.08 bits per heavy atom. The van der Waals surface area contributed by atoms with Gasteiger partial charge in [0.15, 0.2) is 0 Å². The standard InChI is InChI=1S/C7H11N3O2/c1-5-4-12-7(10-5)3-9-2-6(8)11/h4,9H,2-3H2,1H3,(H2,8,11). The molecule has 1 aromatic heterocycles. The molecule has 0 radical (unpaired) electrons. The number of oxazole rings is 1. The SMILES string of the molecule is Cc1coc(CNCC(N)=O)n1. The molecule has 0 unspecified atom stereocenters. The Labute approximate surface area is 70.0 Å². The van der Waals surface area contributed by atoms with Crippen LogP contribution >= 0.6 is 0 Å². The van der Waals surface area contributed by atoms with Gasteiger partial charge >= 0.3 is 0 Å². The molecule has 12 heavy (non-hydrogen) atoms. The first-order valence-corrected chi connectivity index (χ1v) is 3.58. The topological polar surface area (TPSA) is 81.1 Å². The van der Waals surface area contributed by atoms with E-state index in [1.54, 1.807) is 6.26 Å². The van der Waals surface area contributed by atoms with Gasteiger partial charge in [-0.15, -0.1) is 0 Å². The first-order valence-electron chi connectivity index (χ1n) is 3.58. The van der Waals surface area contributed by atoms with E-state index >= 15 is 0 Å². The highest BCUT2D eigenvalue weighted by Crippen LogP contribution is 1.98. The zero-order chi connectivity index (χ0) is 8.97. The van der Waals surface area contributed by atoms with Crippen LogP contribution in [0.2, 0.25) is 0 Å². The Balaban J connectivity index is 2.29. The normalized spacial score (nSPS) is 10.1. The molecule has 0 saturated heterocycles. The van der Waals surface area contributed by atoms with Gasteiger partial charge in [0.2, 0.25) is 11.8 Å². The molecule has 0 atom stereocenters. The predicted octanol–water partition coefficient (Wildman–Crippen LogP) is -0.442. The van der Waals surface area contributed by atoms with Crippen molar-refractivity contribution in [1.29, 1.82) is 0 Å². The van der Waals surface area contributed by atoms with Gasteiger partial charge in [0, 0.05) is 0 Å². The van der Waals surface area contributed by atoms with E-state index in [1.165, 1.54) is 0 Å². The maximum absolute atomic E-state index is 10.3. The Bertz CT molecular complexity index is 269. The average molecular weight is 169 g/mol. The third-order valence-corrected chi connectivity index (χ3v) is 1.24. The number of nitrogens with two attached hydrogens (primary N) is 1. The predicted molar refractivity (Wildman–Crippen MR) is 42.1 cm³/mol. The zero-order valence-electron chi connectivity index (χ0n) is 6.83. The van der Waals surface area contributed by atoms with Crippen molar-refractivity contribution >= 4 is 5.91 Å². The van der Waals surface area contributed by atoms with Crippen LogP contribution in [0.25, 0.3) is 0 Å². The minimum Gasteiger partial charge on any atom is -0.447 e. The molecular formula is C7H11N3O2. The molecule has 0 bridgehead atoms. The van der Waals surface area contributed by atoms with Crippen molar-refractivity contribution in [3.05, 3.63) is 17.8 Å². The Morgan fingerprint density at radius 1 is 1.83 bits per heavy atom. The molecule has 66 valence electrons. The molecule has 0 aliphatic heterocycles. The van der Waals surface area contributed by atoms with E-state index < -0.39 is 5.91 Å². The molecule has 5 heteroatoms. The van der Waals surface area contributed by atoms with Crippen molar-refractivity contribution in [2.75, 3.05) is 6.54 Å². The lowest BCUT2D eigenvalue weighted by atomic mass is 10.5. The summed E-state index contributed by atoms with van der Waals surface area (Å²) in [6.07, 6.45) is 1.56. The molecule has 0 saturated carbocycles. The van der Waals surface area contributed by atoms with Gasteiger partial charge in [0.1, 0.15) is 6.26 Å². The summed E-state index contributed by atoms with van der Waals surface area (Å²) in [6, 6.07) is 0. The third-order valence-electron chi connectivity index (χ3n) is 1.24. The smallest absolute Gasteiger partial charge is 0.231 e. The number of aromatic nitrogens is 1. The quantitative estimate of drug-likeness (QED) is 0.640. The number of nitrogens with zero attached hydrogens (tertiary/aromatic N) is 1. The van der Waals surface area contributed by atoms with E-state index in [9.17, 15) is 4.79 Å². The van der Waals surface area contributed by atoms with E-state index in [4.69, 9.17) is 10.2 Å². The van der Waals surface area contributed by atoms with Crippen molar-refractivity contribution in [2.45, 2.75) is 13.5 Å². The van der Waals surface area contributed by atoms with E-state index in [0.29, 0.717) is 12.4 Å². The summed E-state index contributed by atoms with van der Waals surface area (Å²) in [5.74, 6) is 0.173. The molecule has 1 heterocycles. The van der Waals surface area contributed by atoms with Crippen LogP contribution in [0, 0.1) is 6.92 Å². The molecule has 3 N–H and O–H groups in total. The van der Waals surface area contributed by atoms with Gasteiger partial charge in [-0.05, 0) is 6.92 Å². The van der Waals surface area contributed by atoms with Gasteiger partial charge in [-0.1, -0.05) is 0 Å². The van der Waals surface area contributed by atoms with Crippen molar-refractivity contribution in [2.24, 2.45) is 5.73 Å². The van der Waals surface area contributed by atoms with Gasteiger partial charge in [-0.3, -0.25) is 10.1 Å². The fourth-order valence-electron chi connectivity index (χ4n) is 0.777. The van der Waals surface area contributed by atoms with Crippen molar-refractivity contribution < 1.29 is 9.21 Å². The number of amides is 1. The second kappa shape index (κ2) is 3.87. The highest BCUT2D eigenvalue weighted by atomic mass is 16.3. The summed E-state index contributed by atoms with van der Waals surface area (Å²) in [5, 5.41) is 2.78. The molecular weight excluding hydrogens is 158 g/mol. The van der Waals surface area contributed by atoms with Gasteiger partial charge in [0.25, 0.3) is 0 Å². The van der Waals surface area contributed by atoms with Gasteiger partial charge in [-0.25, -0.2) is 4.98 Å². The lowest BCUT2D eigenvalue weighted by Crippen LogP contribution is -2.28. The summed E-state index contributed by atoms with van der Waals surface area (Å²) in [4.78, 5) is 14.3. The maximum Gasteiger partial charge on any atom is 0.231 e. The molecule has 0 aliphatic rings. The van der Waals surface area contributed by atoms with Crippen molar-refractivity contribution in [3.63, 3.8) is 0 Å². The van der Waals surface area contributed by atoms with Crippen LogP contribution in [0.1, 0.15) is 11.6 Å². The van der Waals surface area contributed by atoms with Gasteiger partial charge < -0.3 is 10.2 Å². The Kier molecular flexibility index (Phi) is 2.82. The number of hydrogen-bond donors (Lipinski definition) is 2. The minimum absolute atomic E-state index is 0.140. The largest absolute Gasteiger partial charge is 0.447 e. The highest BCUT2D eigenvalue weighted by Gasteiger charge is 1.99. The second-order valence-corrected chi connectivity index (χ2v) is 2.45. The first-order chi connectivity index (χ1) is 5.68. The van der Waals surface area contributed by atoms with Crippen molar-refractivity contribution in [1.82, 2.24) is 10.3 Å². The van der Waals surface area contributed by atoms with E-state index in [-0.39, 0.29) is 6.54 Å². The number of hydrogen-bond acceptors (Lipinski definition) is 4. The van der Waals surface area contributed by atoms with Gasteiger partial charge in [0.05, 0.1) is 18.8 Å². The number of carbonyl (C=O) groups is 1. The van der Waals surface area contributed by atoms with Crippen LogP contribution in [-0.4, -0.2) is 17.4 Å². The van der Waals surface area contributed by atoms with Gasteiger partial charge in [-0.2, -0.15) is 0 Å². The number of primary amides is 1. The maximum atomic E-state index is 10.3. The average Bonchev–Trinajstić information content (AvgIpc) is 2.35. The molecule has 1 amide bonds. The number of carbonyl (C=O) groups excluding carboxylic acids is 1. The summed E-state index contributed by atoms with van der Waals surface area (Å²) < 4.78 is 5.02. The van der Waals surface area contributed by atoms with Crippen LogP contribution in [-0.2, 0) is 11.3 Å². The van der Waals surface area contributed by atoms with Crippen LogP contribution < -0.4 is 11.1 Å². The fourth-order valence-corrected chi connectivity index (χ4v) is 0.777. The fraction of sp³-hybridized carbons (Fsp3) is 0.429. The van der Waals surface area contributed by atoms with Crippen LogP contribution in [0.15, 0.2) is 10.7 Å². The number of rotatable bonds is 4. The monoisotopic (exact) mass is 169 g/mol. The third kappa shape index (κ3) is 2.71. The van der Waals surface area contributed by atoms with E-state index in [2.05, 4.69) is 10.3 Å². The lowest BCUT2D eigenvalue weighted by Gasteiger charge is -1.95. The first kappa shape index (κ1) is 8.73. The summed E-state index contributed by atoms with van der Waals surface area (Å²) in [5.41, 5.74) is 5.73. The van der Waals surface area contributed by atoms with Crippen LogP contribution in [0.4, 0.5) is 0 Å². The summed E-state index contributed by atoms with van der Waals surface area (Å²) >= 11 is 0. The highest BCUT2D eigenvalue weighted by molar-refractivity contribution is 5.75. The molecule has 1 aromatic rings. The summed E-state index contributed by atoms with van der Waals surface area (Å²) in [6.45, 7) is 2.40. The van der Waals surface area contributed by atoms with Crippen molar-refractivity contribution in [3.8, 4) is 0 Å². The molecule has 5 nitrogen and oxygen atoms in total. The molecule has 0 aromatic carbocycles. The number of aryl methyl sites for hydroxylation is 1. The zero-order valence-corrected chi connectivity index (χ0v) is 6.83. The van der Waals surface area contributed by atoms with E-state index in [1.807, 2.05) is 6.92 Å². The summed E-state index contributed by atoms with van der Waals surface area (Å²) in [7, 11) is 0. The minimum atomic E-state index is -0.390. The number of nitrogens with one attached hydrogen (secondary N) is 1. The Hall–Kier alpha value is -1.36. The molecule has 0 aliphatic carbocycles.